The second kappa shape index (κ2) is 8.53. The van der Waals surface area contributed by atoms with Crippen molar-refractivity contribution in [1.29, 1.82) is 0 Å². The fraction of sp³-hybridized carbons (Fsp3) is 0.176. The van der Waals surface area contributed by atoms with Crippen molar-refractivity contribution >= 4 is 23.6 Å². The van der Waals surface area contributed by atoms with Crippen molar-refractivity contribution in [3.05, 3.63) is 59.7 Å². The van der Waals surface area contributed by atoms with Gasteiger partial charge in [-0.15, -0.1) is 0 Å². The Balaban J connectivity index is 0.000000491. The highest BCUT2D eigenvalue weighted by Gasteiger charge is 1.99. The van der Waals surface area contributed by atoms with Crippen molar-refractivity contribution in [2.24, 2.45) is 5.73 Å². The molecule has 1 amide bonds. The van der Waals surface area contributed by atoms with E-state index in [4.69, 9.17) is 0 Å². The number of hydrogen-bond acceptors (Lipinski definition) is 3. The van der Waals surface area contributed by atoms with Crippen LogP contribution in [0.25, 0.3) is 0 Å². The largest absolute Gasteiger partial charge is 0.370 e. The van der Waals surface area contributed by atoms with E-state index in [1.165, 1.54) is 12.5 Å². The van der Waals surface area contributed by atoms with Crippen LogP contribution in [0.3, 0.4) is 0 Å². The fourth-order valence-electron chi connectivity index (χ4n) is 1.75. The monoisotopic (exact) mass is 284 g/mol. The first-order valence-electron chi connectivity index (χ1n) is 6.73. The number of aldehydes is 1. The topological polar surface area (TPSA) is 72.2 Å². The summed E-state index contributed by atoms with van der Waals surface area (Å²) in [6.07, 6.45) is 1.85. The molecule has 0 aliphatic carbocycles. The average Bonchev–Trinajstić information content (AvgIpc) is 2.48. The van der Waals surface area contributed by atoms with Gasteiger partial charge in [0.25, 0.3) is 0 Å². The maximum Gasteiger partial charge on any atom is 0.214 e. The van der Waals surface area contributed by atoms with Gasteiger partial charge in [0.05, 0.1) is 0 Å². The molecule has 0 aliphatic rings. The van der Waals surface area contributed by atoms with Crippen LogP contribution in [0.4, 0.5) is 11.4 Å². The van der Waals surface area contributed by atoms with Crippen LogP contribution in [0.15, 0.2) is 48.5 Å². The molecule has 2 rings (SSSR count). The number of carbonyl (C=O) groups is 2. The average molecular weight is 284 g/mol. The normalized spacial score (nSPS) is 9.24. The first kappa shape index (κ1) is 16.4. The maximum absolute atomic E-state index is 10.6. The van der Waals surface area contributed by atoms with Crippen LogP contribution in [0.1, 0.15) is 29.8 Å². The SMILES string of the molecule is CC(N)=O.CCc1ccccc1Nc1ccc(C=O)cc1. The highest BCUT2D eigenvalue weighted by molar-refractivity contribution is 5.76. The maximum atomic E-state index is 10.6. The van der Waals surface area contributed by atoms with Gasteiger partial charge in [0.1, 0.15) is 6.29 Å². The van der Waals surface area contributed by atoms with Crippen LogP contribution in [0.2, 0.25) is 0 Å². The van der Waals surface area contributed by atoms with Crippen molar-refractivity contribution in [1.82, 2.24) is 0 Å². The number of para-hydroxylation sites is 1. The van der Waals surface area contributed by atoms with Crippen LogP contribution in [-0.4, -0.2) is 12.2 Å². The highest BCUT2D eigenvalue weighted by atomic mass is 16.1. The zero-order valence-electron chi connectivity index (χ0n) is 12.3. The number of carbonyl (C=O) groups excluding carboxylic acids is 2. The molecule has 2 aromatic carbocycles. The first-order valence-corrected chi connectivity index (χ1v) is 6.73. The molecule has 4 nitrogen and oxygen atoms in total. The smallest absolute Gasteiger partial charge is 0.214 e. The van der Waals surface area contributed by atoms with Crippen molar-refractivity contribution in [2.45, 2.75) is 20.3 Å². The molecule has 21 heavy (non-hydrogen) atoms. The molecule has 0 radical (unpaired) electrons. The highest BCUT2D eigenvalue weighted by Crippen LogP contribution is 2.21. The number of aryl methyl sites for hydroxylation is 1. The van der Waals surface area contributed by atoms with E-state index in [0.717, 1.165) is 24.1 Å². The molecule has 0 unspecified atom stereocenters. The second-order valence-electron chi connectivity index (χ2n) is 4.49. The summed E-state index contributed by atoms with van der Waals surface area (Å²) < 4.78 is 0. The number of benzene rings is 2. The van der Waals surface area contributed by atoms with Gasteiger partial charge in [0.15, 0.2) is 0 Å². The Labute approximate surface area is 125 Å². The molecule has 4 heteroatoms. The van der Waals surface area contributed by atoms with Crippen LogP contribution in [0, 0.1) is 0 Å². The summed E-state index contributed by atoms with van der Waals surface area (Å²) in [4.78, 5) is 19.8. The third kappa shape index (κ3) is 5.91. The summed E-state index contributed by atoms with van der Waals surface area (Å²) in [5.74, 6) is -0.333. The lowest BCUT2D eigenvalue weighted by molar-refractivity contribution is -0.115. The number of primary amides is 1. The Hall–Kier alpha value is -2.62. The van der Waals surface area contributed by atoms with Gasteiger partial charge >= 0.3 is 0 Å². The van der Waals surface area contributed by atoms with Crippen molar-refractivity contribution < 1.29 is 9.59 Å². The Kier molecular flexibility index (Phi) is 6.68. The van der Waals surface area contributed by atoms with Gasteiger partial charge in [-0.3, -0.25) is 9.59 Å². The Morgan fingerprint density at radius 3 is 2.24 bits per heavy atom. The molecular formula is C17H20N2O2. The molecule has 0 saturated carbocycles. The number of nitrogens with one attached hydrogen (secondary N) is 1. The van der Waals surface area contributed by atoms with E-state index in [0.29, 0.717) is 5.56 Å². The molecule has 0 spiro atoms. The fourth-order valence-corrected chi connectivity index (χ4v) is 1.75. The molecular weight excluding hydrogens is 264 g/mol. The third-order valence-electron chi connectivity index (χ3n) is 2.72. The summed E-state index contributed by atoms with van der Waals surface area (Å²) >= 11 is 0. The summed E-state index contributed by atoms with van der Waals surface area (Å²) in [5, 5.41) is 3.36. The predicted molar refractivity (Wildman–Crippen MR) is 85.8 cm³/mol. The lowest BCUT2D eigenvalue weighted by Crippen LogP contribution is -2.01. The van der Waals surface area contributed by atoms with Crippen LogP contribution >= 0.6 is 0 Å². The molecule has 0 aliphatic heterocycles. The molecule has 0 fully saturated rings. The number of nitrogens with two attached hydrogens (primary N) is 1. The predicted octanol–water partition coefficient (Wildman–Crippen LogP) is 3.30. The van der Waals surface area contributed by atoms with E-state index in [9.17, 15) is 9.59 Å². The van der Waals surface area contributed by atoms with Gasteiger partial charge in [-0.25, -0.2) is 0 Å². The quantitative estimate of drug-likeness (QED) is 0.846. The van der Waals surface area contributed by atoms with Crippen molar-refractivity contribution in [2.75, 3.05) is 5.32 Å². The zero-order chi connectivity index (χ0) is 15.7. The minimum absolute atomic E-state index is 0.333. The Morgan fingerprint density at radius 2 is 1.71 bits per heavy atom. The minimum Gasteiger partial charge on any atom is -0.370 e. The van der Waals surface area contributed by atoms with E-state index in [1.807, 2.05) is 36.4 Å². The van der Waals surface area contributed by atoms with Gasteiger partial charge in [-0.1, -0.05) is 25.1 Å². The lowest BCUT2D eigenvalue weighted by atomic mass is 10.1. The molecule has 3 N–H and O–H groups in total. The molecule has 0 bridgehead atoms. The summed E-state index contributed by atoms with van der Waals surface area (Å²) in [6, 6.07) is 15.7. The standard InChI is InChI=1S/C15H15NO.C2H5NO/c1-2-13-5-3-4-6-15(13)16-14-9-7-12(11-17)8-10-14;1-2(3)4/h3-11,16H,2H2,1H3;1H3,(H2,3,4). The summed E-state index contributed by atoms with van der Waals surface area (Å²) in [7, 11) is 0. The van der Waals surface area contributed by atoms with E-state index < -0.39 is 0 Å². The number of anilines is 2. The molecule has 0 saturated heterocycles. The Bertz CT molecular complexity index is 588. The van der Waals surface area contributed by atoms with E-state index in [-0.39, 0.29) is 5.91 Å². The Morgan fingerprint density at radius 1 is 1.14 bits per heavy atom. The van der Waals surface area contributed by atoms with Gasteiger partial charge in [-0.2, -0.15) is 0 Å². The van der Waals surface area contributed by atoms with Gasteiger partial charge < -0.3 is 11.1 Å². The lowest BCUT2D eigenvalue weighted by Gasteiger charge is -2.10. The molecule has 0 heterocycles. The number of hydrogen-bond donors (Lipinski definition) is 2. The van der Waals surface area contributed by atoms with E-state index >= 15 is 0 Å². The molecule has 0 atom stereocenters. The number of rotatable bonds is 4. The zero-order valence-corrected chi connectivity index (χ0v) is 12.3. The van der Waals surface area contributed by atoms with E-state index in [1.54, 1.807) is 0 Å². The molecule has 110 valence electrons. The van der Waals surface area contributed by atoms with Crippen LogP contribution < -0.4 is 11.1 Å². The summed E-state index contributed by atoms with van der Waals surface area (Å²) in [5.41, 5.74) is 8.57. The molecule has 2 aromatic rings. The van der Waals surface area contributed by atoms with Crippen molar-refractivity contribution in [3.8, 4) is 0 Å². The van der Waals surface area contributed by atoms with Gasteiger partial charge in [0, 0.05) is 23.9 Å². The van der Waals surface area contributed by atoms with Gasteiger partial charge in [0.2, 0.25) is 5.91 Å². The van der Waals surface area contributed by atoms with E-state index in [2.05, 4.69) is 30.1 Å². The summed E-state index contributed by atoms with van der Waals surface area (Å²) in [6.45, 7) is 3.44. The second-order valence-corrected chi connectivity index (χ2v) is 4.49. The third-order valence-corrected chi connectivity index (χ3v) is 2.72. The van der Waals surface area contributed by atoms with Gasteiger partial charge in [-0.05, 0) is 42.3 Å². The first-order chi connectivity index (χ1) is 10.1. The number of amides is 1. The minimum atomic E-state index is -0.333. The van der Waals surface area contributed by atoms with Crippen LogP contribution in [0.5, 0.6) is 0 Å². The molecule has 0 aromatic heterocycles. The van der Waals surface area contributed by atoms with Crippen molar-refractivity contribution in [3.63, 3.8) is 0 Å². The van der Waals surface area contributed by atoms with Crippen LogP contribution in [-0.2, 0) is 11.2 Å².